The molecule has 4 aromatic rings. The average Bonchev–Trinajstić information content (AvgIpc) is 3.38. The van der Waals surface area contributed by atoms with Gasteiger partial charge in [0.1, 0.15) is 5.75 Å². The fraction of sp³-hybridized carbons (Fsp3) is 0.200. The molecule has 2 heterocycles. The Morgan fingerprint density at radius 2 is 1.88 bits per heavy atom. The van der Waals surface area contributed by atoms with E-state index in [9.17, 15) is 14.9 Å². The molecule has 0 radical (unpaired) electrons. The first-order valence-electron chi connectivity index (χ1n) is 10.8. The summed E-state index contributed by atoms with van der Waals surface area (Å²) in [6, 6.07) is 20.1. The number of imidazole rings is 1. The van der Waals surface area contributed by atoms with Crippen molar-refractivity contribution in [2.75, 3.05) is 17.8 Å². The second-order valence-corrected chi connectivity index (χ2v) is 9.01. The van der Waals surface area contributed by atoms with Gasteiger partial charge in [-0.15, -0.1) is 0 Å². The van der Waals surface area contributed by atoms with Gasteiger partial charge in [0.2, 0.25) is 5.91 Å². The zero-order valence-electron chi connectivity index (χ0n) is 18.7. The van der Waals surface area contributed by atoms with E-state index in [-0.39, 0.29) is 23.4 Å². The fourth-order valence-electron chi connectivity index (χ4n) is 4.45. The van der Waals surface area contributed by atoms with Crippen LogP contribution in [0.2, 0.25) is 0 Å². The van der Waals surface area contributed by atoms with Gasteiger partial charge in [0.05, 0.1) is 34.5 Å². The first kappa shape index (κ1) is 22.0. The number of aromatic nitrogens is 2. The minimum Gasteiger partial charge on any atom is -0.495 e. The minimum absolute atomic E-state index is 0.00735. The fourth-order valence-corrected chi connectivity index (χ4v) is 5.33. The summed E-state index contributed by atoms with van der Waals surface area (Å²) in [5, 5.41) is 11.9. The van der Waals surface area contributed by atoms with Crippen molar-refractivity contribution in [3.63, 3.8) is 0 Å². The minimum atomic E-state index is -0.440. The normalized spacial score (nSPS) is 14.9. The summed E-state index contributed by atoms with van der Waals surface area (Å²) in [5.41, 5.74) is 4.01. The van der Waals surface area contributed by atoms with Gasteiger partial charge in [-0.2, -0.15) is 0 Å². The molecule has 1 atom stereocenters. The Morgan fingerprint density at radius 3 is 2.65 bits per heavy atom. The molecule has 1 aliphatic heterocycles. The van der Waals surface area contributed by atoms with Crippen molar-refractivity contribution in [3.8, 4) is 11.4 Å². The third-order valence-corrected chi connectivity index (χ3v) is 6.87. The molecule has 3 aromatic carbocycles. The van der Waals surface area contributed by atoms with Gasteiger partial charge in [0.25, 0.3) is 5.69 Å². The van der Waals surface area contributed by atoms with Crippen molar-refractivity contribution >= 4 is 40.1 Å². The molecule has 34 heavy (non-hydrogen) atoms. The van der Waals surface area contributed by atoms with E-state index in [4.69, 9.17) is 4.74 Å². The summed E-state index contributed by atoms with van der Waals surface area (Å²) >= 11 is 1.31. The smallest absolute Gasteiger partial charge is 0.271 e. The predicted molar refractivity (Wildman–Crippen MR) is 132 cm³/mol. The van der Waals surface area contributed by atoms with Crippen LogP contribution in [0.15, 0.2) is 71.9 Å². The number of ether oxygens (including phenoxy) is 1. The van der Waals surface area contributed by atoms with Crippen molar-refractivity contribution in [1.29, 1.82) is 0 Å². The van der Waals surface area contributed by atoms with E-state index >= 15 is 0 Å². The van der Waals surface area contributed by atoms with Crippen LogP contribution in [0.25, 0.3) is 16.7 Å². The van der Waals surface area contributed by atoms with Crippen LogP contribution in [0.5, 0.6) is 5.75 Å². The number of nitro groups is 1. The summed E-state index contributed by atoms with van der Waals surface area (Å²) in [4.78, 5) is 30.6. The number of nitro benzene ring substituents is 1. The van der Waals surface area contributed by atoms with Crippen molar-refractivity contribution in [2.24, 2.45) is 0 Å². The lowest BCUT2D eigenvalue weighted by Crippen LogP contribution is -2.37. The Bertz CT molecular complexity index is 1420. The zero-order valence-corrected chi connectivity index (χ0v) is 19.5. The molecule has 1 amide bonds. The van der Waals surface area contributed by atoms with E-state index in [1.807, 2.05) is 58.9 Å². The van der Waals surface area contributed by atoms with Gasteiger partial charge in [-0.3, -0.25) is 19.5 Å². The van der Waals surface area contributed by atoms with E-state index in [2.05, 4.69) is 11.1 Å². The molecule has 9 heteroatoms. The zero-order chi connectivity index (χ0) is 23.8. The number of rotatable bonds is 6. The van der Waals surface area contributed by atoms with Gasteiger partial charge in [-0.05, 0) is 43.2 Å². The second-order valence-electron chi connectivity index (χ2n) is 8.07. The second kappa shape index (κ2) is 8.83. The maximum Gasteiger partial charge on any atom is 0.271 e. The number of amides is 1. The number of fused-ring (bicyclic) bond motifs is 2. The van der Waals surface area contributed by atoms with E-state index in [1.54, 1.807) is 13.2 Å². The summed E-state index contributed by atoms with van der Waals surface area (Å²) in [5.74, 6) is 0.807. The van der Waals surface area contributed by atoms with Gasteiger partial charge in [-0.1, -0.05) is 42.1 Å². The highest BCUT2D eigenvalue weighted by Gasteiger charge is 2.31. The molecule has 8 nitrogen and oxygen atoms in total. The van der Waals surface area contributed by atoms with Crippen molar-refractivity contribution < 1.29 is 14.5 Å². The third-order valence-electron chi connectivity index (χ3n) is 5.94. The quantitative estimate of drug-likeness (QED) is 0.222. The number of benzene rings is 3. The summed E-state index contributed by atoms with van der Waals surface area (Å²) in [6.45, 7) is 2.05. The number of para-hydroxylation sites is 3. The van der Waals surface area contributed by atoms with Crippen LogP contribution in [-0.2, 0) is 11.2 Å². The summed E-state index contributed by atoms with van der Waals surface area (Å²) in [7, 11) is 1.59. The van der Waals surface area contributed by atoms with Crippen LogP contribution in [-0.4, -0.2) is 39.3 Å². The van der Waals surface area contributed by atoms with Crippen molar-refractivity contribution in [2.45, 2.75) is 24.5 Å². The number of methoxy groups -OCH3 is 1. The van der Waals surface area contributed by atoms with Crippen LogP contribution in [0.4, 0.5) is 11.4 Å². The van der Waals surface area contributed by atoms with E-state index in [0.717, 1.165) is 17.8 Å². The molecule has 0 fully saturated rings. The number of anilines is 1. The SMILES string of the molecule is COc1ccccc1-n1c(SCC(=O)N2c3ccccc3C[C@H]2C)nc2cc([N+](=O)[O-])ccc21. The lowest BCUT2D eigenvalue weighted by molar-refractivity contribution is -0.384. The van der Waals surface area contributed by atoms with Gasteiger partial charge >= 0.3 is 0 Å². The maximum absolute atomic E-state index is 13.3. The average molecular weight is 475 g/mol. The Labute approximate surface area is 200 Å². The van der Waals surface area contributed by atoms with E-state index in [0.29, 0.717) is 21.9 Å². The first-order valence-corrected chi connectivity index (χ1v) is 11.8. The van der Waals surface area contributed by atoms with Gasteiger partial charge in [0.15, 0.2) is 5.16 Å². The maximum atomic E-state index is 13.3. The topological polar surface area (TPSA) is 90.5 Å². The molecule has 0 unspecified atom stereocenters. The number of carbonyl (C=O) groups is 1. The molecular weight excluding hydrogens is 452 g/mol. The number of carbonyl (C=O) groups excluding carboxylic acids is 1. The van der Waals surface area contributed by atoms with Gasteiger partial charge in [-0.25, -0.2) is 4.98 Å². The number of non-ortho nitro benzene ring substituents is 1. The number of nitrogens with zero attached hydrogens (tertiary/aromatic N) is 4. The number of hydrogen-bond donors (Lipinski definition) is 0. The van der Waals surface area contributed by atoms with E-state index < -0.39 is 4.92 Å². The Hall–Kier alpha value is -3.85. The molecule has 0 bridgehead atoms. The third kappa shape index (κ3) is 3.77. The van der Waals surface area contributed by atoms with Crippen LogP contribution in [0.1, 0.15) is 12.5 Å². The molecule has 0 saturated carbocycles. The first-order chi connectivity index (χ1) is 16.5. The van der Waals surface area contributed by atoms with E-state index in [1.165, 1.54) is 29.5 Å². The lowest BCUT2D eigenvalue weighted by atomic mass is 10.1. The highest BCUT2D eigenvalue weighted by Crippen LogP contribution is 2.36. The van der Waals surface area contributed by atoms with Crippen LogP contribution in [0, 0.1) is 10.1 Å². The highest BCUT2D eigenvalue weighted by molar-refractivity contribution is 7.99. The predicted octanol–water partition coefficient (Wildman–Crippen LogP) is 5.01. The molecule has 1 aliphatic rings. The largest absolute Gasteiger partial charge is 0.495 e. The molecule has 0 saturated heterocycles. The lowest BCUT2D eigenvalue weighted by Gasteiger charge is -2.22. The summed E-state index contributed by atoms with van der Waals surface area (Å²) in [6.07, 6.45) is 0.829. The monoisotopic (exact) mass is 474 g/mol. The molecule has 1 aromatic heterocycles. The van der Waals surface area contributed by atoms with Crippen molar-refractivity contribution in [3.05, 3.63) is 82.4 Å². The Kier molecular flexibility index (Phi) is 5.70. The Morgan fingerprint density at radius 1 is 1.15 bits per heavy atom. The van der Waals surface area contributed by atoms with Crippen LogP contribution in [0.3, 0.4) is 0 Å². The van der Waals surface area contributed by atoms with Crippen molar-refractivity contribution in [1.82, 2.24) is 9.55 Å². The van der Waals surface area contributed by atoms with Crippen LogP contribution < -0.4 is 9.64 Å². The Balaban J connectivity index is 1.52. The highest BCUT2D eigenvalue weighted by atomic mass is 32.2. The summed E-state index contributed by atoms with van der Waals surface area (Å²) < 4.78 is 7.44. The molecular formula is C25H22N4O4S. The number of thioether (sulfide) groups is 1. The number of hydrogen-bond acceptors (Lipinski definition) is 6. The molecule has 0 spiro atoms. The molecule has 0 N–H and O–H groups in total. The standard InChI is InChI=1S/C25H22N4O4S/c1-16-13-17-7-3-4-8-20(17)27(16)24(30)15-34-25-26-19-14-18(29(31)32)11-12-21(19)28(25)22-9-5-6-10-23(22)33-2/h3-12,14,16H,13,15H2,1-2H3/t16-/m1/s1. The van der Waals surface area contributed by atoms with Gasteiger partial charge in [0, 0.05) is 23.9 Å². The molecule has 0 aliphatic carbocycles. The van der Waals surface area contributed by atoms with Gasteiger partial charge < -0.3 is 9.64 Å². The molecule has 5 rings (SSSR count). The molecule has 172 valence electrons. The van der Waals surface area contributed by atoms with Crippen LogP contribution >= 0.6 is 11.8 Å².